The fourth-order valence-corrected chi connectivity index (χ4v) is 11.2. The second-order valence-electron chi connectivity index (χ2n) is 18.0. The van der Waals surface area contributed by atoms with Crippen molar-refractivity contribution in [1.29, 1.82) is 0 Å². The van der Waals surface area contributed by atoms with Crippen LogP contribution in [0.25, 0.3) is 10.8 Å². The molecule has 0 radical (unpaired) electrons. The Kier molecular flexibility index (Phi) is 11.8. The van der Waals surface area contributed by atoms with Gasteiger partial charge in [-0.05, 0) is 96.7 Å². The quantitative estimate of drug-likeness (QED) is 0.147. The Morgan fingerprint density at radius 2 is 1.77 bits per heavy atom. The molecule has 2 aromatic carbocycles. The number of nitrogens with two attached hydrogens (primary N) is 2. The second-order valence-corrected chi connectivity index (χ2v) is 18.0. The van der Waals surface area contributed by atoms with Crippen LogP contribution in [0.3, 0.4) is 0 Å². The van der Waals surface area contributed by atoms with Gasteiger partial charge in [-0.1, -0.05) is 69.7 Å². The van der Waals surface area contributed by atoms with E-state index < -0.39 is 70.2 Å². The molecule has 0 spiro atoms. The summed E-state index contributed by atoms with van der Waals surface area (Å²) in [6, 6.07) is 13.3. The van der Waals surface area contributed by atoms with E-state index >= 15 is 0 Å². The maximum atomic E-state index is 13.9. The summed E-state index contributed by atoms with van der Waals surface area (Å²) < 4.78 is 10.8. The molecule has 1 heterocycles. The van der Waals surface area contributed by atoms with Crippen LogP contribution in [0.4, 0.5) is 5.69 Å². The van der Waals surface area contributed by atoms with Crippen LogP contribution in [0.5, 0.6) is 0 Å². The van der Waals surface area contributed by atoms with Crippen molar-refractivity contribution in [3.8, 4) is 0 Å². The second kappa shape index (κ2) is 16.4. The van der Waals surface area contributed by atoms with Gasteiger partial charge >= 0.3 is 11.9 Å². The monoisotopic (exact) mass is 820 g/mol. The van der Waals surface area contributed by atoms with E-state index in [1.54, 1.807) is 54.9 Å². The van der Waals surface area contributed by atoms with Crippen molar-refractivity contribution in [3.05, 3.63) is 95.9 Å². The molecule has 1 amide bonds. The number of aromatic nitrogens is 1. The maximum absolute atomic E-state index is 13.9. The number of hydrogen-bond donors (Lipinski definition) is 5. The predicted molar refractivity (Wildman–Crippen MR) is 224 cm³/mol. The maximum Gasteiger partial charge on any atom is 0.323 e. The van der Waals surface area contributed by atoms with Gasteiger partial charge < -0.3 is 36.5 Å². The van der Waals surface area contributed by atoms with E-state index in [0.29, 0.717) is 29.7 Å². The van der Waals surface area contributed by atoms with Gasteiger partial charge in [0.05, 0.1) is 12.0 Å². The number of anilines is 1. The molecule has 0 aliphatic heterocycles. The van der Waals surface area contributed by atoms with E-state index in [1.165, 1.54) is 0 Å². The zero-order valence-corrected chi connectivity index (χ0v) is 34.7. The molecule has 4 aliphatic rings. The number of nitrogens with zero attached hydrogens (tertiary/aromatic N) is 1. The average molecular weight is 821 g/mol. The largest absolute Gasteiger partial charge is 0.460 e. The van der Waals surface area contributed by atoms with E-state index in [0.717, 1.165) is 22.8 Å². The number of ketones is 2. The first kappa shape index (κ1) is 43.0. The normalized spacial score (nSPS) is 31.5. The lowest BCUT2D eigenvalue weighted by Crippen LogP contribution is -2.66. The highest BCUT2D eigenvalue weighted by Gasteiger charge is 2.73. The number of pyridine rings is 1. The Labute approximate surface area is 350 Å². The van der Waals surface area contributed by atoms with Crippen LogP contribution in [-0.4, -0.2) is 75.5 Å². The number of carbonyl (C=O) groups is 5. The van der Waals surface area contributed by atoms with Gasteiger partial charge in [-0.3, -0.25) is 29.0 Å². The molecule has 4 aliphatic carbocycles. The zero-order chi connectivity index (χ0) is 43.2. The Morgan fingerprint density at radius 3 is 2.50 bits per heavy atom. The van der Waals surface area contributed by atoms with Crippen molar-refractivity contribution >= 4 is 45.9 Å². The third kappa shape index (κ3) is 7.29. The Hall–Kier alpha value is -5.08. The number of ether oxygens (including phenoxy) is 2. The summed E-state index contributed by atoms with van der Waals surface area (Å²) in [7, 11) is 0. The first-order chi connectivity index (χ1) is 28.5. The molecule has 13 heteroatoms. The van der Waals surface area contributed by atoms with Crippen molar-refractivity contribution in [2.75, 3.05) is 18.5 Å². The number of hydrogen-bond acceptors (Lipinski definition) is 12. The van der Waals surface area contributed by atoms with Gasteiger partial charge in [-0.2, -0.15) is 0 Å². The van der Waals surface area contributed by atoms with Crippen LogP contribution in [0.15, 0.2) is 84.7 Å². The highest BCUT2D eigenvalue weighted by molar-refractivity contribution is 6.01. The van der Waals surface area contributed by atoms with Crippen LogP contribution in [0.2, 0.25) is 0 Å². The number of Topliss-reactive ketones (excluding diaryl/α,β-unsaturated/α-hetero) is 1. The number of carbonyl (C=O) groups excluding carboxylic acids is 5. The minimum Gasteiger partial charge on any atom is -0.460 e. The Bertz CT molecular complexity index is 2260. The van der Waals surface area contributed by atoms with Crippen LogP contribution in [-0.2, 0) is 40.1 Å². The minimum atomic E-state index is -1.85. The topological polar surface area (TPSA) is 221 Å². The third-order valence-electron chi connectivity index (χ3n) is 15.0. The smallest absolute Gasteiger partial charge is 0.323 e. The average Bonchev–Trinajstić information content (AvgIpc) is 3.43. The SMILES string of the molecule is C[C@@H]1C[C@H]2[C@@H]3CCC4=CC(=O)C=C[C@]4(C)[C@@]3(C)[C@@H](O)C[C@]2(C)[C@@]1(O)C(=O)COC(=O)CC[C@H](N)C(=O)OCc1ccc([C@@H](CN)C(=O)Nc2ccc3cnccc3c2)cc1. The number of aliphatic hydroxyl groups is 2. The van der Waals surface area contributed by atoms with E-state index in [4.69, 9.17) is 20.9 Å². The minimum absolute atomic E-state index is 0.0268. The molecule has 7 rings (SSSR count). The third-order valence-corrected chi connectivity index (χ3v) is 15.0. The van der Waals surface area contributed by atoms with Crippen LogP contribution >= 0.6 is 0 Å². The first-order valence-electron chi connectivity index (χ1n) is 20.9. The fraction of sp³-hybridized carbons (Fsp3) is 0.489. The number of esters is 2. The molecule has 10 atom stereocenters. The number of benzene rings is 2. The van der Waals surface area contributed by atoms with Gasteiger partial charge in [0, 0.05) is 52.7 Å². The van der Waals surface area contributed by atoms with Crippen molar-refractivity contribution in [2.45, 2.75) is 96.5 Å². The van der Waals surface area contributed by atoms with Crippen LogP contribution in [0, 0.1) is 34.0 Å². The molecule has 3 aromatic rings. The van der Waals surface area contributed by atoms with Crippen molar-refractivity contribution in [3.63, 3.8) is 0 Å². The standard InChI is InChI=1S/C47H56N4O9/c1-27-19-37-36-12-10-32-21-34(52)15-17-44(32,2)46(36,4)39(53)22-45(37,3)47(27,58)40(54)26-59-41(55)14-13-38(49)43(57)60-25-28-5-7-29(8-6-28)35(23-48)42(56)51-33-11-9-31-24-50-18-16-30(31)20-33/h5-9,11,15-18,20-21,24,27,35-39,53,58H,10,12-14,19,22-23,25-26,48-49H2,1-4H3,(H,51,56)/t27-,35-,36+,37+,38+,39+,44+,45+,46-,47+/m1/s1. The molecule has 60 heavy (non-hydrogen) atoms. The van der Waals surface area contributed by atoms with E-state index in [1.807, 2.05) is 38.1 Å². The molecule has 3 fully saturated rings. The summed E-state index contributed by atoms with van der Waals surface area (Å²) in [6.45, 7) is 7.20. The number of aliphatic hydroxyl groups excluding tert-OH is 1. The lowest BCUT2D eigenvalue weighted by molar-refractivity contribution is -0.209. The van der Waals surface area contributed by atoms with Gasteiger partial charge in [0.2, 0.25) is 11.7 Å². The van der Waals surface area contributed by atoms with Gasteiger partial charge in [-0.25, -0.2) is 0 Å². The van der Waals surface area contributed by atoms with Gasteiger partial charge in [0.25, 0.3) is 0 Å². The number of fused-ring (bicyclic) bond motifs is 6. The number of nitrogens with one attached hydrogen (secondary N) is 1. The van der Waals surface area contributed by atoms with Crippen LogP contribution < -0.4 is 16.8 Å². The lowest BCUT2D eigenvalue weighted by Gasteiger charge is -2.65. The first-order valence-corrected chi connectivity index (χ1v) is 20.9. The molecule has 1 aromatic heterocycles. The van der Waals surface area contributed by atoms with E-state index in [2.05, 4.69) is 24.1 Å². The van der Waals surface area contributed by atoms with Crippen molar-refractivity contribution in [2.24, 2.45) is 45.5 Å². The summed E-state index contributed by atoms with van der Waals surface area (Å²) in [6.07, 6.45) is 9.58. The fourth-order valence-electron chi connectivity index (χ4n) is 11.2. The molecule has 318 valence electrons. The summed E-state index contributed by atoms with van der Waals surface area (Å²) in [4.78, 5) is 69.0. The lowest BCUT2D eigenvalue weighted by atomic mass is 9.39. The highest BCUT2D eigenvalue weighted by Crippen LogP contribution is 2.72. The molecule has 13 nitrogen and oxygen atoms in total. The highest BCUT2D eigenvalue weighted by atomic mass is 16.5. The molecule has 7 N–H and O–H groups in total. The number of allylic oxidation sites excluding steroid dienone is 4. The number of amides is 1. The predicted octanol–water partition coefficient (Wildman–Crippen LogP) is 4.82. The summed E-state index contributed by atoms with van der Waals surface area (Å²) in [5.74, 6) is -3.59. The van der Waals surface area contributed by atoms with E-state index in [-0.39, 0.29) is 55.9 Å². The van der Waals surface area contributed by atoms with E-state index in [9.17, 15) is 34.2 Å². The van der Waals surface area contributed by atoms with Crippen molar-refractivity contribution in [1.82, 2.24) is 4.98 Å². The number of rotatable bonds is 13. The Balaban J connectivity index is 0.883. The summed E-state index contributed by atoms with van der Waals surface area (Å²) in [5.41, 5.74) is 11.1. The Morgan fingerprint density at radius 1 is 1.02 bits per heavy atom. The zero-order valence-electron chi connectivity index (χ0n) is 34.7. The van der Waals surface area contributed by atoms with Gasteiger partial charge in [-0.15, -0.1) is 0 Å². The molecule has 3 saturated carbocycles. The molecule has 0 bridgehead atoms. The van der Waals surface area contributed by atoms with Gasteiger partial charge in [0.15, 0.2) is 12.4 Å². The van der Waals surface area contributed by atoms with Crippen LogP contribution in [0.1, 0.15) is 83.3 Å². The molecular weight excluding hydrogens is 765 g/mol. The molecular formula is C47H56N4O9. The van der Waals surface area contributed by atoms with Gasteiger partial charge in [0.1, 0.15) is 18.2 Å². The molecule has 0 saturated heterocycles. The molecule has 0 unspecified atom stereocenters. The van der Waals surface area contributed by atoms with Crippen molar-refractivity contribution < 1.29 is 43.7 Å². The summed E-state index contributed by atoms with van der Waals surface area (Å²) >= 11 is 0. The summed E-state index contributed by atoms with van der Waals surface area (Å²) in [5, 5.41) is 29.1.